The number of carbonyl (C=O) groups is 2. The van der Waals surface area contributed by atoms with Crippen LogP contribution in [-0.2, 0) is 19.6 Å². The lowest BCUT2D eigenvalue weighted by molar-refractivity contribution is -0.145. The predicted molar refractivity (Wildman–Crippen MR) is 124 cm³/mol. The van der Waals surface area contributed by atoms with Crippen molar-refractivity contribution in [1.29, 1.82) is 0 Å². The second-order valence-corrected chi connectivity index (χ2v) is 11.0. The fraction of sp³-hybridized carbons (Fsp3) is 0.391. The minimum absolute atomic E-state index is 0.0251. The van der Waals surface area contributed by atoms with Gasteiger partial charge in [-0.2, -0.15) is 0 Å². The number of rotatable bonds is 5. The molecule has 2 aliphatic rings. The molecule has 1 aliphatic carbocycles. The maximum Gasteiger partial charge on any atom is 0.240 e. The summed E-state index contributed by atoms with van der Waals surface area (Å²) >= 11 is 3.31. The third kappa shape index (κ3) is 5.22. The Morgan fingerprint density at radius 1 is 1.00 bits per heavy atom. The first kappa shape index (κ1) is 22.9. The number of nitrogens with zero attached hydrogens (tertiary/aromatic N) is 1. The van der Waals surface area contributed by atoms with Gasteiger partial charge in [-0.25, -0.2) is 13.1 Å². The van der Waals surface area contributed by atoms with E-state index in [0.29, 0.717) is 32.2 Å². The molecule has 9 heteroatoms. The van der Waals surface area contributed by atoms with Gasteiger partial charge in [-0.05, 0) is 55.5 Å². The average Bonchev–Trinajstić information content (AvgIpc) is 2.80. The third-order valence-corrected chi connectivity index (χ3v) is 8.24. The van der Waals surface area contributed by atoms with Gasteiger partial charge in [0.15, 0.2) is 0 Å². The highest BCUT2D eigenvalue weighted by atomic mass is 79.9. The molecule has 1 saturated carbocycles. The summed E-state index contributed by atoms with van der Waals surface area (Å²) < 4.78 is 28.9. The van der Waals surface area contributed by atoms with E-state index in [1.807, 2.05) is 30.3 Å². The Kier molecular flexibility index (Phi) is 6.97. The Balaban J connectivity index is 1.39. The highest BCUT2D eigenvalue weighted by molar-refractivity contribution is 9.10. The van der Waals surface area contributed by atoms with Crippen molar-refractivity contribution in [2.75, 3.05) is 13.1 Å². The fourth-order valence-corrected chi connectivity index (χ4v) is 6.01. The van der Waals surface area contributed by atoms with Crippen LogP contribution >= 0.6 is 15.9 Å². The summed E-state index contributed by atoms with van der Waals surface area (Å²) in [4.78, 5) is 27.3. The number of hydrogen-bond donors (Lipinski definition) is 2. The molecular weight excluding hydrogens is 494 g/mol. The summed E-state index contributed by atoms with van der Waals surface area (Å²) in [6.07, 6.45) is 2.35. The first-order valence-corrected chi connectivity index (χ1v) is 13.0. The molecule has 0 unspecified atom stereocenters. The van der Waals surface area contributed by atoms with Crippen molar-refractivity contribution in [1.82, 2.24) is 14.9 Å². The first-order chi connectivity index (χ1) is 15.3. The van der Waals surface area contributed by atoms with E-state index in [4.69, 9.17) is 0 Å². The van der Waals surface area contributed by atoms with Crippen LogP contribution in [0.1, 0.15) is 37.3 Å². The standard InChI is InChI=1S/C23H26BrN3O4S/c24-18-8-12-20(13-9-18)32(30,31)26-19-10-6-17(7-11-19)23(29)27-15-22(28)25-14-21(27)16-4-2-1-3-5-16/h1-5,8-9,12-13,17,19,21,26H,6-7,10-11,14-15H2,(H,25,28)/t17-,19-,21-/m1/s1. The number of carbonyl (C=O) groups excluding carboxylic acids is 2. The highest BCUT2D eigenvalue weighted by Crippen LogP contribution is 2.31. The van der Waals surface area contributed by atoms with Crippen molar-refractivity contribution in [3.05, 3.63) is 64.6 Å². The van der Waals surface area contributed by atoms with Crippen molar-refractivity contribution in [3.8, 4) is 0 Å². The van der Waals surface area contributed by atoms with Crippen LogP contribution in [0.15, 0.2) is 64.0 Å². The van der Waals surface area contributed by atoms with Gasteiger partial charge < -0.3 is 10.2 Å². The minimum atomic E-state index is -3.61. The van der Waals surface area contributed by atoms with Gasteiger partial charge in [0.05, 0.1) is 10.9 Å². The zero-order valence-corrected chi connectivity index (χ0v) is 19.9. The topological polar surface area (TPSA) is 95.6 Å². The van der Waals surface area contributed by atoms with Crippen LogP contribution in [0.5, 0.6) is 0 Å². The smallest absolute Gasteiger partial charge is 0.240 e. The zero-order chi connectivity index (χ0) is 22.7. The largest absolute Gasteiger partial charge is 0.352 e. The van der Waals surface area contributed by atoms with E-state index in [-0.39, 0.29) is 41.3 Å². The van der Waals surface area contributed by atoms with E-state index in [9.17, 15) is 18.0 Å². The number of nitrogens with one attached hydrogen (secondary N) is 2. The van der Waals surface area contributed by atoms with Crippen molar-refractivity contribution in [3.63, 3.8) is 0 Å². The summed E-state index contributed by atoms with van der Waals surface area (Å²) in [6.45, 7) is 0.450. The fourth-order valence-electron chi connectivity index (χ4n) is 4.44. The Morgan fingerprint density at radius 3 is 2.31 bits per heavy atom. The molecule has 170 valence electrons. The molecule has 1 atom stereocenters. The highest BCUT2D eigenvalue weighted by Gasteiger charge is 2.37. The number of benzene rings is 2. The van der Waals surface area contributed by atoms with E-state index >= 15 is 0 Å². The molecule has 1 heterocycles. The second kappa shape index (κ2) is 9.72. The van der Waals surface area contributed by atoms with Gasteiger partial charge in [0, 0.05) is 23.0 Å². The number of hydrogen-bond acceptors (Lipinski definition) is 4. The number of sulfonamides is 1. The monoisotopic (exact) mass is 519 g/mol. The average molecular weight is 520 g/mol. The summed E-state index contributed by atoms with van der Waals surface area (Å²) in [7, 11) is -3.61. The Bertz CT molecular complexity index is 1070. The van der Waals surface area contributed by atoms with Crippen LogP contribution in [0, 0.1) is 5.92 Å². The molecule has 1 aliphatic heterocycles. The molecule has 32 heavy (non-hydrogen) atoms. The maximum absolute atomic E-state index is 13.3. The first-order valence-electron chi connectivity index (χ1n) is 10.7. The number of halogens is 1. The Labute approximate surface area is 196 Å². The van der Waals surface area contributed by atoms with Gasteiger partial charge in [-0.3, -0.25) is 9.59 Å². The van der Waals surface area contributed by atoms with E-state index in [1.54, 1.807) is 29.2 Å². The summed E-state index contributed by atoms with van der Waals surface area (Å²) in [5.74, 6) is -0.384. The van der Waals surface area contributed by atoms with Crippen molar-refractivity contribution in [2.45, 2.75) is 42.7 Å². The molecule has 4 rings (SSSR count). The third-order valence-electron chi connectivity index (χ3n) is 6.17. The molecule has 2 aromatic carbocycles. The predicted octanol–water partition coefficient (Wildman–Crippen LogP) is 2.99. The molecule has 2 N–H and O–H groups in total. The molecule has 2 aromatic rings. The summed E-state index contributed by atoms with van der Waals surface area (Å²) in [6, 6.07) is 15.8. The Hall–Kier alpha value is -2.23. The van der Waals surface area contributed by atoms with Gasteiger partial charge in [0.25, 0.3) is 0 Å². The van der Waals surface area contributed by atoms with Gasteiger partial charge in [-0.1, -0.05) is 46.3 Å². The Morgan fingerprint density at radius 2 is 1.66 bits per heavy atom. The van der Waals surface area contributed by atoms with E-state index < -0.39 is 10.0 Å². The molecular formula is C23H26BrN3O4S. The van der Waals surface area contributed by atoms with E-state index in [1.165, 1.54) is 0 Å². The van der Waals surface area contributed by atoms with Crippen molar-refractivity contribution in [2.24, 2.45) is 5.92 Å². The van der Waals surface area contributed by atoms with E-state index in [0.717, 1.165) is 10.0 Å². The molecule has 2 amide bonds. The van der Waals surface area contributed by atoms with Crippen molar-refractivity contribution < 1.29 is 18.0 Å². The van der Waals surface area contributed by atoms with Crippen LogP contribution in [0.3, 0.4) is 0 Å². The quantitative estimate of drug-likeness (QED) is 0.634. The SMILES string of the molecule is O=C1CN(C(=O)[C@H]2CC[C@H](NS(=O)(=O)c3ccc(Br)cc3)CC2)[C@@H](c2ccccc2)CN1. The van der Waals surface area contributed by atoms with Crippen LogP contribution in [0.25, 0.3) is 0 Å². The summed E-state index contributed by atoms with van der Waals surface area (Å²) in [5, 5.41) is 2.86. The zero-order valence-electron chi connectivity index (χ0n) is 17.5. The molecule has 0 radical (unpaired) electrons. The molecule has 2 fully saturated rings. The van der Waals surface area contributed by atoms with E-state index in [2.05, 4.69) is 26.0 Å². The number of amides is 2. The van der Waals surface area contributed by atoms with Gasteiger partial charge in [0.1, 0.15) is 6.54 Å². The van der Waals surface area contributed by atoms with Gasteiger partial charge in [-0.15, -0.1) is 0 Å². The lowest BCUT2D eigenvalue weighted by Crippen LogP contribution is -2.54. The maximum atomic E-state index is 13.3. The minimum Gasteiger partial charge on any atom is -0.352 e. The van der Waals surface area contributed by atoms with Crippen LogP contribution < -0.4 is 10.0 Å². The summed E-state index contributed by atoms with van der Waals surface area (Å²) in [5.41, 5.74) is 0.997. The molecule has 0 bridgehead atoms. The molecule has 7 nitrogen and oxygen atoms in total. The van der Waals surface area contributed by atoms with Crippen LogP contribution in [0.2, 0.25) is 0 Å². The molecule has 1 saturated heterocycles. The van der Waals surface area contributed by atoms with Gasteiger partial charge >= 0.3 is 0 Å². The van der Waals surface area contributed by atoms with Crippen molar-refractivity contribution >= 4 is 37.8 Å². The number of piperazine rings is 1. The van der Waals surface area contributed by atoms with Crippen LogP contribution in [0.4, 0.5) is 0 Å². The lowest BCUT2D eigenvalue weighted by Gasteiger charge is -2.39. The molecule has 0 aromatic heterocycles. The molecule has 0 spiro atoms. The second-order valence-electron chi connectivity index (χ2n) is 8.32. The normalized spacial score (nSPS) is 24.1. The van der Waals surface area contributed by atoms with Gasteiger partial charge in [0.2, 0.25) is 21.8 Å². The van der Waals surface area contributed by atoms with Crippen LogP contribution in [-0.4, -0.2) is 44.3 Å². The lowest BCUT2D eigenvalue weighted by atomic mass is 9.85.